The van der Waals surface area contributed by atoms with Crippen molar-refractivity contribution in [1.29, 1.82) is 0 Å². The molecule has 1 aliphatic rings. The third-order valence-electron chi connectivity index (χ3n) is 4.41. The first-order valence-corrected chi connectivity index (χ1v) is 8.88. The molecule has 0 saturated heterocycles. The minimum atomic E-state index is -0.233. The van der Waals surface area contributed by atoms with Crippen molar-refractivity contribution in [3.05, 3.63) is 62.3 Å². The maximum atomic E-state index is 13.0. The molecule has 2 aromatic heterocycles. The minimum Gasteiger partial charge on any atom is -0.309 e. The predicted molar refractivity (Wildman–Crippen MR) is 93.8 cm³/mol. The lowest BCUT2D eigenvalue weighted by Crippen LogP contribution is -2.21. The van der Waals surface area contributed by atoms with Gasteiger partial charge in [-0.3, -0.25) is 9.69 Å². The van der Waals surface area contributed by atoms with Crippen molar-refractivity contribution in [3.8, 4) is 0 Å². The van der Waals surface area contributed by atoms with Gasteiger partial charge in [-0.1, -0.05) is 12.1 Å². The Balaban J connectivity index is 1.56. The Labute approximate surface area is 143 Å². The van der Waals surface area contributed by atoms with E-state index in [1.807, 2.05) is 7.05 Å². The molecule has 0 radical (unpaired) electrons. The molecule has 0 amide bonds. The highest BCUT2D eigenvalue weighted by Gasteiger charge is 2.21. The fourth-order valence-electron chi connectivity index (χ4n) is 3.33. The van der Waals surface area contributed by atoms with Crippen molar-refractivity contribution >= 4 is 21.6 Å². The Morgan fingerprint density at radius 2 is 2.04 bits per heavy atom. The van der Waals surface area contributed by atoms with Gasteiger partial charge in [0.15, 0.2) is 0 Å². The first kappa shape index (κ1) is 15.5. The summed E-state index contributed by atoms with van der Waals surface area (Å²) in [6.45, 7) is 1.22. The Hall–Kier alpha value is -2.05. The Kier molecular flexibility index (Phi) is 3.94. The smallest absolute Gasteiger partial charge is 0.259 e. The maximum absolute atomic E-state index is 13.0. The summed E-state index contributed by atoms with van der Waals surface area (Å²) >= 11 is 1.66. The van der Waals surface area contributed by atoms with E-state index in [9.17, 15) is 9.18 Å². The molecule has 0 spiro atoms. The van der Waals surface area contributed by atoms with Gasteiger partial charge in [-0.15, -0.1) is 11.3 Å². The average Bonchev–Trinajstić information content (AvgIpc) is 3.09. The fraction of sp³-hybridized carbons (Fsp3) is 0.333. The average molecular weight is 343 g/mol. The van der Waals surface area contributed by atoms with Crippen LogP contribution >= 0.6 is 11.3 Å². The number of benzene rings is 1. The molecule has 1 aromatic carbocycles. The van der Waals surface area contributed by atoms with E-state index in [0.29, 0.717) is 18.9 Å². The summed E-state index contributed by atoms with van der Waals surface area (Å²) in [5.74, 6) is 0.445. The number of nitrogens with one attached hydrogen (secondary N) is 1. The van der Waals surface area contributed by atoms with Crippen LogP contribution in [0.25, 0.3) is 10.2 Å². The summed E-state index contributed by atoms with van der Waals surface area (Å²) in [6, 6.07) is 6.47. The third kappa shape index (κ3) is 2.87. The molecule has 124 valence electrons. The number of halogens is 1. The third-order valence-corrected chi connectivity index (χ3v) is 5.60. The van der Waals surface area contributed by atoms with Gasteiger partial charge >= 0.3 is 0 Å². The van der Waals surface area contributed by atoms with Crippen LogP contribution in [0.3, 0.4) is 0 Å². The molecule has 1 N–H and O–H groups in total. The zero-order valence-electron chi connectivity index (χ0n) is 13.4. The predicted octanol–water partition coefficient (Wildman–Crippen LogP) is 3.24. The van der Waals surface area contributed by atoms with Crippen molar-refractivity contribution in [2.75, 3.05) is 7.05 Å². The summed E-state index contributed by atoms with van der Waals surface area (Å²) in [6.07, 6.45) is 3.19. The van der Waals surface area contributed by atoms with Gasteiger partial charge in [-0.05, 0) is 49.6 Å². The van der Waals surface area contributed by atoms with Gasteiger partial charge in [-0.25, -0.2) is 9.37 Å². The number of aromatic amines is 1. The maximum Gasteiger partial charge on any atom is 0.259 e. The molecular formula is C18H18FN3OS. The molecule has 6 heteroatoms. The number of aryl methyl sites for hydroxylation is 2. The van der Waals surface area contributed by atoms with E-state index in [0.717, 1.165) is 35.0 Å². The molecular weight excluding hydrogens is 325 g/mol. The number of H-pyrrole nitrogens is 1. The van der Waals surface area contributed by atoms with Crippen LogP contribution in [-0.2, 0) is 25.9 Å². The number of nitrogens with zero attached hydrogens (tertiary/aromatic N) is 2. The number of aromatic nitrogens is 2. The van der Waals surface area contributed by atoms with Crippen LogP contribution in [0.2, 0.25) is 0 Å². The van der Waals surface area contributed by atoms with E-state index in [-0.39, 0.29) is 11.4 Å². The Morgan fingerprint density at radius 1 is 1.25 bits per heavy atom. The molecule has 2 heterocycles. The van der Waals surface area contributed by atoms with Crippen molar-refractivity contribution in [2.45, 2.75) is 32.4 Å². The van der Waals surface area contributed by atoms with Gasteiger partial charge < -0.3 is 4.98 Å². The van der Waals surface area contributed by atoms with Crippen LogP contribution in [-0.4, -0.2) is 21.9 Å². The van der Waals surface area contributed by atoms with Gasteiger partial charge in [0.2, 0.25) is 0 Å². The van der Waals surface area contributed by atoms with Gasteiger partial charge in [-0.2, -0.15) is 0 Å². The Morgan fingerprint density at radius 3 is 2.83 bits per heavy atom. The van der Waals surface area contributed by atoms with E-state index >= 15 is 0 Å². The van der Waals surface area contributed by atoms with E-state index in [1.165, 1.54) is 22.6 Å². The topological polar surface area (TPSA) is 49.0 Å². The summed E-state index contributed by atoms with van der Waals surface area (Å²) < 4.78 is 13.0. The highest BCUT2D eigenvalue weighted by atomic mass is 32.1. The Bertz CT molecular complexity index is 945. The fourth-order valence-corrected chi connectivity index (χ4v) is 4.62. The normalized spacial score (nSPS) is 13.8. The quantitative estimate of drug-likeness (QED) is 0.791. The van der Waals surface area contributed by atoms with Crippen LogP contribution in [0.4, 0.5) is 4.39 Å². The summed E-state index contributed by atoms with van der Waals surface area (Å²) in [5.41, 5.74) is 2.21. The summed E-state index contributed by atoms with van der Waals surface area (Å²) in [7, 11) is 1.96. The zero-order chi connectivity index (χ0) is 16.7. The van der Waals surface area contributed by atoms with Crippen LogP contribution in [0.15, 0.2) is 29.1 Å². The van der Waals surface area contributed by atoms with Crippen LogP contribution in [0.1, 0.15) is 28.2 Å². The molecule has 24 heavy (non-hydrogen) atoms. The van der Waals surface area contributed by atoms with E-state index in [4.69, 9.17) is 0 Å². The first-order valence-electron chi connectivity index (χ1n) is 8.06. The largest absolute Gasteiger partial charge is 0.309 e. The molecule has 0 atom stereocenters. The van der Waals surface area contributed by atoms with Crippen molar-refractivity contribution < 1.29 is 4.39 Å². The summed E-state index contributed by atoms with van der Waals surface area (Å²) in [4.78, 5) is 24.3. The first-order chi connectivity index (χ1) is 11.6. The highest BCUT2D eigenvalue weighted by Crippen LogP contribution is 2.34. The van der Waals surface area contributed by atoms with E-state index in [1.54, 1.807) is 23.5 Å². The number of rotatable bonds is 4. The van der Waals surface area contributed by atoms with Crippen molar-refractivity contribution in [2.24, 2.45) is 0 Å². The lowest BCUT2D eigenvalue weighted by Gasteiger charge is -2.16. The molecule has 4 nitrogen and oxygen atoms in total. The van der Waals surface area contributed by atoms with E-state index < -0.39 is 0 Å². The van der Waals surface area contributed by atoms with E-state index in [2.05, 4.69) is 14.9 Å². The van der Waals surface area contributed by atoms with Crippen LogP contribution in [0.5, 0.6) is 0 Å². The second-order valence-corrected chi connectivity index (χ2v) is 7.43. The molecule has 0 fully saturated rings. The molecule has 4 rings (SSSR count). The lowest BCUT2D eigenvalue weighted by atomic mass is 10.2. The van der Waals surface area contributed by atoms with Gasteiger partial charge in [0.1, 0.15) is 16.5 Å². The molecule has 3 aromatic rings. The molecule has 0 aliphatic heterocycles. The van der Waals surface area contributed by atoms with Crippen LogP contribution in [0, 0.1) is 5.82 Å². The highest BCUT2D eigenvalue weighted by molar-refractivity contribution is 7.18. The molecule has 0 saturated carbocycles. The van der Waals surface area contributed by atoms with Crippen molar-refractivity contribution in [1.82, 2.24) is 14.9 Å². The molecule has 1 aliphatic carbocycles. The second kappa shape index (κ2) is 6.11. The minimum absolute atomic E-state index is 0.0235. The van der Waals surface area contributed by atoms with Crippen LogP contribution < -0.4 is 5.56 Å². The van der Waals surface area contributed by atoms with Gasteiger partial charge in [0.05, 0.1) is 11.9 Å². The summed E-state index contributed by atoms with van der Waals surface area (Å²) in [5, 5.41) is 0.789. The zero-order valence-corrected chi connectivity index (χ0v) is 14.3. The van der Waals surface area contributed by atoms with Gasteiger partial charge in [0, 0.05) is 11.4 Å². The number of thiophene rings is 1. The number of fused-ring (bicyclic) bond motifs is 3. The van der Waals surface area contributed by atoms with Crippen molar-refractivity contribution in [3.63, 3.8) is 0 Å². The SMILES string of the molecule is CN(Cc1ccc(F)cc1)Cc1nc2sc3c(c2c(=O)[nH]1)CCC3. The molecule has 0 unspecified atom stereocenters. The molecule has 0 bridgehead atoms. The second-order valence-electron chi connectivity index (χ2n) is 6.35. The number of hydrogen-bond acceptors (Lipinski definition) is 4. The number of hydrogen-bond donors (Lipinski definition) is 1. The lowest BCUT2D eigenvalue weighted by molar-refractivity contribution is 0.310. The monoisotopic (exact) mass is 343 g/mol. The standard InChI is InChI=1S/C18H18FN3OS/c1-22(9-11-5-7-12(19)8-6-11)10-15-20-17(23)16-13-3-2-4-14(13)24-18(16)21-15/h5-8H,2-4,9-10H2,1H3,(H,20,21,23). The van der Waals surface area contributed by atoms with Gasteiger partial charge in [0.25, 0.3) is 5.56 Å².